The topological polar surface area (TPSA) is 140 Å². The standard InChI is InChI=1S/C30H32N4O7S/c1-2-7-25(31-29(36)22-11-13-24(14-12-22)41-23-9-4-3-5-10-23)30(37)33-17-15-26-28(33)27(35)19-34(26)42(39,40)20-21-8-6-16-32(38)18-21/h3-6,8-14,16,18,25-26,28H,2,7,15,17,19-20H2,1H3,(H,31,36). The summed E-state index contributed by atoms with van der Waals surface area (Å²) in [5.74, 6) is -0.424. The maximum atomic E-state index is 13.7. The average molecular weight is 593 g/mol. The molecular formula is C30H32N4O7S. The first-order chi connectivity index (χ1) is 20.2. The third-order valence-corrected chi connectivity index (χ3v) is 9.29. The van der Waals surface area contributed by atoms with Crippen molar-refractivity contribution in [2.75, 3.05) is 13.1 Å². The average Bonchev–Trinajstić information content (AvgIpc) is 3.54. The van der Waals surface area contributed by atoms with Crippen LogP contribution >= 0.6 is 0 Å². The maximum absolute atomic E-state index is 13.7. The molecule has 3 atom stereocenters. The van der Waals surface area contributed by atoms with Crippen LogP contribution in [0.3, 0.4) is 0 Å². The van der Waals surface area contributed by atoms with E-state index in [2.05, 4.69) is 5.32 Å². The molecule has 12 heteroatoms. The Balaban J connectivity index is 1.25. The van der Waals surface area contributed by atoms with Crippen LogP contribution in [0.4, 0.5) is 0 Å². The molecule has 2 aliphatic heterocycles. The van der Waals surface area contributed by atoms with Crippen LogP contribution in [-0.2, 0) is 25.4 Å². The van der Waals surface area contributed by atoms with Gasteiger partial charge in [0, 0.05) is 23.7 Å². The summed E-state index contributed by atoms with van der Waals surface area (Å²) in [4.78, 5) is 41.2. The molecule has 11 nitrogen and oxygen atoms in total. The van der Waals surface area contributed by atoms with Crippen molar-refractivity contribution in [1.82, 2.24) is 14.5 Å². The van der Waals surface area contributed by atoms with Crippen molar-refractivity contribution >= 4 is 27.6 Å². The molecule has 3 aromatic rings. The quantitative estimate of drug-likeness (QED) is 0.282. The summed E-state index contributed by atoms with van der Waals surface area (Å²) < 4.78 is 33.9. The minimum absolute atomic E-state index is 0.194. The highest BCUT2D eigenvalue weighted by Gasteiger charge is 2.54. The molecule has 2 fully saturated rings. The number of Topliss-reactive ketones (excluding diaryl/α,β-unsaturated/α-hetero) is 1. The first kappa shape index (κ1) is 29.2. The van der Waals surface area contributed by atoms with Crippen LogP contribution in [0.5, 0.6) is 11.5 Å². The molecule has 5 rings (SSSR count). The van der Waals surface area contributed by atoms with E-state index in [4.69, 9.17) is 4.74 Å². The number of para-hydroxylation sites is 1. The number of sulfonamides is 1. The Morgan fingerprint density at radius 3 is 2.48 bits per heavy atom. The molecule has 0 radical (unpaired) electrons. The molecule has 2 saturated heterocycles. The van der Waals surface area contributed by atoms with E-state index >= 15 is 0 Å². The Morgan fingerprint density at radius 2 is 1.79 bits per heavy atom. The van der Waals surface area contributed by atoms with Gasteiger partial charge in [-0.3, -0.25) is 14.4 Å². The van der Waals surface area contributed by atoms with Crippen molar-refractivity contribution < 1.29 is 32.3 Å². The van der Waals surface area contributed by atoms with E-state index in [1.54, 1.807) is 24.3 Å². The molecule has 1 aromatic heterocycles. The van der Waals surface area contributed by atoms with E-state index in [1.165, 1.54) is 29.4 Å². The van der Waals surface area contributed by atoms with E-state index in [9.17, 15) is 28.0 Å². The second-order valence-corrected chi connectivity index (χ2v) is 12.3. The van der Waals surface area contributed by atoms with Gasteiger partial charge in [0.2, 0.25) is 15.9 Å². The van der Waals surface area contributed by atoms with Gasteiger partial charge < -0.3 is 20.2 Å². The summed E-state index contributed by atoms with van der Waals surface area (Å²) in [5, 5.41) is 14.4. The van der Waals surface area contributed by atoms with E-state index < -0.39 is 45.7 Å². The molecule has 0 saturated carbocycles. The van der Waals surface area contributed by atoms with Crippen LogP contribution in [0, 0.1) is 5.21 Å². The number of likely N-dealkylation sites (tertiary alicyclic amines) is 1. The van der Waals surface area contributed by atoms with Crippen LogP contribution in [0.15, 0.2) is 79.1 Å². The summed E-state index contributed by atoms with van der Waals surface area (Å²) in [5.41, 5.74) is 0.651. The second kappa shape index (κ2) is 12.3. The lowest BCUT2D eigenvalue weighted by molar-refractivity contribution is -0.605. The number of hydrogen-bond acceptors (Lipinski definition) is 7. The van der Waals surface area contributed by atoms with Gasteiger partial charge in [0.15, 0.2) is 18.2 Å². The molecular weight excluding hydrogens is 560 g/mol. The minimum Gasteiger partial charge on any atom is -0.619 e. The van der Waals surface area contributed by atoms with Crippen molar-refractivity contribution in [2.45, 2.75) is 50.1 Å². The zero-order valence-corrected chi connectivity index (χ0v) is 23.9. The lowest BCUT2D eigenvalue weighted by Gasteiger charge is -2.28. The monoisotopic (exact) mass is 592 g/mol. The van der Waals surface area contributed by atoms with Gasteiger partial charge in [0.25, 0.3) is 5.91 Å². The van der Waals surface area contributed by atoms with Gasteiger partial charge in [-0.1, -0.05) is 31.5 Å². The molecule has 220 valence electrons. The van der Waals surface area contributed by atoms with E-state index in [0.29, 0.717) is 46.6 Å². The summed E-state index contributed by atoms with van der Waals surface area (Å²) in [6, 6.07) is 16.3. The number of fused-ring (bicyclic) bond motifs is 1. The molecule has 2 amide bonds. The van der Waals surface area contributed by atoms with Gasteiger partial charge in [0.1, 0.15) is 23.6 Å². The van der Waals surface area contributed by atoms with Crippen LogP contribution in [0.25, 0.3) is 0 Å². The summed E-state index contributed by atoms with van der Waals surface area (Å²) in [6.07, 6.45) is 3.69. The first-order valence-electron chi connectivity index (χ1n) is 13.8. The summed E-state index contributed by atoms with van der Waals surface area (Å²) in [6.45, 7) is 1.74. The Labute approximate surface area is 244 Å². The fourth-order valence-corrected chi connectivity index (χ4v) is 7.26. The van der Waals surface area contributed by atoms with Gasteiger partial charge in [-0.25, -0.2) is 8.42 Å². The normalized spacial score (nSPS) is 19.4. The Kier molecular flexibility index (Phi) is 8.55. The highest BCUT2D eigenvalue weighted by molar-refractivity contribution is 7.88. The number of pyridine rings is 1. The number of carbonyl (C=O) groups excluding carboxylic acids is 3. The molecule has 0 spiro atoms. The highest BCUT2D eigenvalue weighted by atomic mass is 32.2. The lowest BCUT2D eigenvalue weighted by Crippen LogP contribution is -2.52. The van der Waals surface area contributed by atoms with Crippen molar-refractivity contribution in [3.8, 4) is 11.5 Å². The van der Waals surface area contributed by atoms with Crippen LogP contribution in [0.2, 0.25) is 0 Å². The third-order valence-electron chi connectivity index (χ3n) is 7.48. The smallest absolute Gasteiger partial charge is 0.251 e. The predicted molar refractivity (Wildman–Crippen MR) is 153 cm³/mol. The van der Waals surface area contributed by atoms with Crippen molar-refractivity contribution in [2.24, 2.45) is 0 Å². The van der Waals surface area contributed by atoms with E-state index in [-0.39, 0.29) is 18.9 Å². The minimum atomic E-state index is -3.93. The maximum Gasteiger partial charge on any atom is 0.251 e. The molecule has 2 aliphatic rings. The zero-order valence-electron chi connectivity index (χ0n) is 23.1. The first-order valence-corrected chi connectivity index (χ1v) is 15.4. The number of aromatic nitrogens is 1. The van der Waals surface area contributed by atoms with Crippen molar-refractivity contribution in [1.29, 1.82) is 0 Å². The van der Waals surface area contributed by atoms with Gasteiger partial charge in [-0.15, -0.1) is 0 Å². The molecule has 1 N–H and O–H groups in total. The molecule has 3 unspecified atom stereocenters. The third kappa shape index (κ3) is 6.29. The number of rotatable bonds is 10. The largest absolute Gasteiger partial charge is 0.619 e. The van der Waals surface area contributed by atoms with E-state index in [0.717, 1.165) is 4.31 Å². The number of ketones is 1. The zero-order chi connectivity index (χ0) is 29.9. The Hall–Kier alpha value is -4.29. The number of hydrogen-bond donors (Lipinski definition) is 1. The van der Waals surface area contributed by atoms with Crippen molar-refractivity contribution in [3.63, 3.8) is 0 Å². The molecule has 0 aliphatic carbocycles. The van der Waals surface area contributed by atoms with Crippen LogP contribution in [-0.4, -0.2) is 66.4 Å². The van der Waals surface area contributed by atoms with Gasteiger partial charge in [-0.05, 0) is 55.3 Å². The van der Waals surface area contributed by atoms with Gasteiger partial charge in [-0.2, -0.15) is 9.04 Å². The second-order valence-electron chi connectivity index (χ2n) is 10.4. The molecule has 3 heterocycles. The molecule has 42 heavy (non-hydrogen) atoms. The van der Waals surface area contributed by atoms with Gasteiger partial charge in [0.05, 0.1) is 18.3 Å². The van der Waals surface area contributed by atoms with E-state index in [1.807, 2.05) is 37.3 Å². The van der Waals surface area contributed by atoms with Crippen molar-refractivity contribution in [3.05, 3.63) is 95.5 Å². The molecule has 2 aromatic carbocycles. The van der Waals surface area contributed by atoms with Crippen LogP contribution < -0.4 is 14.8 Å². The SMILES string of the molecule is CCCC(NC(=O)c1ccc(Oc2ccccc2)cc1)C(=O)N1CCC2C1C(=O)CN2S(=O)(=O)Cc1ccc[n+]([O-])c1. The Morgan fingerprint density at radius 1 is 1.07 bits per heavy atom. The Bertz CT molecular complexity index is 1560. The number of nitrogens with zero attached hydrogens (tertiary/aromatic N) is 3. The number of carbonyl (C=O) groups is 3. The predicted octanol–water partition coefficient (Wildman–Crippen LogP) is 2.40. The summed E-state index contributed by atoms with van der Waals surface area (Å²) in [7, 11) is -3.93. The number of nitrogens with one attached hydrogen (secondary N) is 1. The number of ether oxygens (including phenoxy) is 1. The molecule has 0 bridgehead atoms. The van der Waals surface area contributed by atoms with Gasteiger partial charge >= 0.3 is 0 Å². The highest BCUT2D eigenvalue weighted by Crippen LogP contribution is 2.33. The van der Waals surface area contributed by atoms with Crippen LogP contribution in [0.1, 0.15) is 42.1 Å². The fourth-order valence-electron chi connectivity index (χ4n) is 5.55. The summed E-state index contributed by atoms with van der Waals surface area (Å²) >= 11 is 0. The number of amides is 2. The number of benzene rings is 2. The lowest BCUT2D eigenvalue weighted by atomic mass is 10.1. The fraction of sp³-hybridized carbons (Fsp3) is 0.333.